The maximum absolute atomic E-state index is 10.8. The van der Waals surface area contributed by atoms with Crippen LogP contribution in [0.25, 0.3) is 0 Å². The normalized spacial score (nSPS) is 11.2. The first-order valence-electron chi connectivity index (χ1n) is 4.43. The summed E-state index contributed by atoms with van der Waals surface area (Å²) in [6.45, 7) is 0. The number of para-hydroxylation sites is 1. The number of nitrogens with two attached hydrogens (primary N) is 1. The minimum absolute atomic E-state index is 0.472. The van der Waals surface area contributed by atoms with Gasteiger partial charge in [-0.05, 0) is 6.07 Å². The van der Waals surface area contributed by atoms with Crippen molar-refractivity contribution in [3.05, 3.63) is 34.4 Å². The minimum atomic E-state index is -5.08. The molecule has 0 radical (unpaired) electrons. The number of alkyl halides is 3. The van der Waals surface area contributed by atoms with Gasteiger partial charge in [0, 0.05) is 6.07 Å². The Morgan fingerprint density at radius 2 is 1.70 bits per heavy atom. The van der Waals surface area contributed by atoms with Gasteiger partial charge in [-0.15, -0.1) is 0 Å². The molecule has 0 heterocycles. The molecule has 1 aromatic carbocycles. The molecule has 12 heteroatoms. The monoisotopic (exact) mass is 316 g/mol. The highest BCUT2D eigenvalue weighted by molar-refractivity contribution is 7.89. The molecule has 1 aromatic rings. The third-order valence-electron chi connectivity index (χ3n) is 1.61. The molecule has 1 rings (SSSR count). The fourth-order valence-electron chi connectivity index (χ4n) is 0.849. The summed E-state index contributed by atoms with van der Waals surface area (Å²) in [5.41, 5.74) is -0.509. The van der Waals surface area contributed by atoms with Crippen LogP contribution >= 0.6 is 0 Å². The number of aliphatic carboxylic acids is 1. The van der Waals surface area contributed by atoms with Gasteiger partial charge in [0.25, 0.3) is 5.69 Å². The van der Waals surface area contributed by atoms with Gasteiger partial charge in [0.2, 0.25) is 10.0 Å². The zero-order chi connectivity index (χ0) is 16.1. The Morgan fingerprint density at radius 1 is 1.30 bits per heavy atom. The van der Waals surface area contributed by atoms with Crippen LogP contribution in [0.3, 0.4) is 0 Å². The molecule has 0 spiro atoms. The van der Waals surface area contributed by atoms with Crippen LogP contribution < -0.4 is 5.14 Å². The van der Waals surface area contributed by atoms with Crippen molar-refractivity contribution in [3.63, 3.8) is 0 Å². The topological polar surface area (TPSA) is 141 Å². The second-order valence-corrected chi connectivity index (χ2v) is 4.60. The van der Waals surface area contributed by atoms with Gasteiger partial charge < -0.3 is 5.11 Å². The molecular formula is C8H7F3N2O6S. The molecule has 0 saturated carbocycles. The van der Waals surface area contributed by atoms with E-state index in [1.807, 2.05) is 0 Å². The van der Waals surface area contributed by atoms with Gasteiger partial charge in [-0.25, -0.2) is 18.4 Å². The fourth-order valence-corrected chi connectivity index (χ4v) is 1.55. The van der Waals surface area contributed by atoms with Gasteiger partial charge in [0.15, 0.2) is 4.90 Å². The van der Waals surface area contributed by atoms with Crippen molar-refractivity contribution < 1.29 is 36.4 Å². The predicted molar refractivity (Wildman–Crippen MR) is 58.2 cm³/mol. The lowest BCUT2D eigenvalue weighted by molar-refractivity contribution is -0.387. The number of hydrogen-bond acceptors (Lipinski definition) is 5. The molecule has 0 amide bonds. The average Bonchev–Trinajstić information content (AvgIpc) is 2.27. The maximum atomic E-state index is 10.8. The summed E-state index contributed by atoms with van der Waals surface area (Å²) >= 11 is 0. The lowest BCUT2D eigenvalue weighted by Crippen LogP contribution is -2.21. The molecule has 112 valence electrons. The number of benzene rings is 1. The fraction of sp³-hybridized carbons (Fsp3) is 0.125. The lowest BCUT2D eigenvalue weighted by atomic mass is 10.3. The summed E-state index contributed by atoms with van der Waals surface area (Å²) in [6.07, 6.45) is -5.08. The Labute approximate surface area is 109 Å². The summed E-state index contributed by atoms with van der Waals surface area (Å²) in [7, 11) is -4.02. The number of hydrogen-bond donors (Lipinski definition) is 2. The maximum Gasteiger partial charge on any atom is 0.490 e. The minimum Gasteiger partial charge on any atom is -0.475 e. The van der Waals surface area contributed by atoms with Crippen molar-refractivity contribution in [2.45, 2.75) is 11.1 Å². The summed E-state index contributed by atoms with van der Waals surface area (Å²) < 4.78 is 53.4. The number of carboxylic acids is 1. The smallest absolute Gasteiger partial charge is 0.475 e. The molecular weight excluding hydrogens is 309 g/mol. The van der Waals surface area contributed by atoms with Gasteiger partial charge in [0.1, 0.15) is 0 Å². The zero-order valence-corrected chi connectivity index (χ0v) is 10.2. The van der Waals surface area contributed by atoms with Gasteiger partial charge in [-0.2, -0.15) is 13.2 Å². The highest BCUT2D eigenvalue weighted by Gasteiger charge is 2.38. The standard InChI is InChI=1S/C6H6N2O4S.C2HF3O2/c7-13(11,12)6-4-2-1-3-5(6)8(9)10;3-2(4,5)1(6)7/h1-4H,(H2,7,11,12);(H,6,7). The van der Waals surface area contributed by atoms with E-state index in [0.717, 1.165) is 12.1 Å². The number of nitro benzene ring substituents is 1. The number of rotatable bonds is 2. The van der Waals surface area contributed by atoms with E-state index in [0.29, 0.717) is 0 Å². The highest BCUT2D eigenvalue weighted by atomic mass is 32.2. The van der Waals surface area contributed by atoms with Crippen LogP contribution in [-0.4, -0.2) is 30.6 Å². The average molecular weight is 316 g/mol. The van der Waals surface area contributed by atoms with E-state index in [1.165, 1.54) is 12.1 Å². The molecule has 8 nitrogen and oxygen atoms in total. The third kappa shape index (κ3) is 5.62. The van der Waals surface area contributed by atoms with E-state index in [2.05, 4.69) is 0 Å². The second kappa shape index (κ2) is 6.29. The molecule has 0 unspecified atom stereocenters. The third-order valence-corrected chi connectivity index (χ3v) is 2.57. The Bertz CT molecular complexity index is 613. The van der Waals surface area contributed by atoms with E-state index in [-0.39, 0.29) is 0 Å². The molecule has 0 atom stereocenters. The van der Waals surface area contributed by atoms with Crippen LogP contribution in [0.4, 0.5) is 18.9 Å². The molecule has 0 aliphatic rings. The lowest BCUT2D eigenvalue weighted by Gasteiger charge is -1.98. The largest absolute Gasteiger partial charge is 0.490 e. The van der Waals surface area contributed by atoms with Crippen molar-refractivity contribution in [2.24, 2.45) is 5.14 Å². The van der Waals surface area contributed by atoms with Crippen LogP contribution in [0.5, 0.6) is 0 Å². The summed E-state index contributed by atoms with van der Waals surface area (Å²) in [5.74, 6) is -2.76. The van der Waals surface area contributed by atoms with Crippen molar-refractivity contribution >= 4 is 21.7 Å². The predicted octanol–water partition coefficient (Wildman–Crippen LogP) is 0.875. The van der Waals surface area contributed by atoms with Crippen LogP contribution in [0.2, 0.25) is 0 Å². The first kappa shape index (κ1) is 17.8. The van der Waals surface area contributed by atoms with E-state index in [4.69, 9.17) is 15.0 Å². The number of carboxylic acid groups (broad SMARTS) is 1. The molecule has 0 bridgehead atoms. The Kier molecular flexibility index (Phi) is 5.60. The van der Waals surface area contributed by atoms with Gasteiger partial charge in [0.05, 0.1) is 4.92 Å². The Hall–Kier alpha value is -2.21. The molecule has 0 saturated heterocycles. The van der Waals surface area contributed by atoms with Crippen LogP contribution in [0.1, 0.15) is 0 Å². The van der Waals surface area contributed by atoms with E-state index in [1.54, 1.807) is 0 Å². The van der Waals surface area contributed by atoms with Gasteiger partial charge >= 0.3 is 12.1 Å². The van der Waals surface area contributed by atoms with Crippen LogP contribution in [0, 0.1) is 10.1 Å². The SMILES string of the molecule is NS(=O)(=O)c1ccccc1[N+](=O)[O-].O=C(O)C(F)(F)F. The van der Waals surface area contributed by atoms with Crippen molar-refractivity contribution in [1.82, 2.24) is 0 Å². The molecule has 0 fully saturated rings. The van der Waals surface area contributed by atoms with Crippen molar-refractivity contribution in [3.8, 4) is 0 Å². The van der Waals surface area contributed by atoms with Gasteiger partial charge in [-0.1, -0.05) is 12.1 Å². The summed E-state index contributed by atoms with van der Waals surface area (Å²) in [4.78, 5) is 18.0. The first-order chi connectivity index (χ1) is 8.87. The number of nitro groups is 1. The van der Waals surface area contributed by atoms with Crippen LogP contribution in [0.15, 0.2) is 29.2 Å². The number of primary sulfonamides is 1. The number of carbonyl (C=O) groups is 1. The van der Waals surface area contributed by atoms with Gasteiger partial charge in [-0.3, -0.25) is 10.1 Å². The second-order valence-electron chi connectivity index (χ2n) is 3.07. The Balaban J connectivity index is 0.000000441. The summed E-state index contributed by atoms with van der Waals surface area (Å²) in [6, 6.07) is 4.91. The van der Waals surface area contributed by atoms with E-state index >= 15 is 0 Å². The number of sulfonamides is 1. The van der Waals surface area contributed by atoms with Crippen LogP contribution in [-0.2, 0) is 14.8 Å². The quantitative estimate of drug-likeness (QED) is 0.612. The summed E-state index contributed by atoms with van der Waals surface area (Å²) in [5, 5.41) is 22.2. The van der Waals surface area contributed by atoms with E-state index < -0.39 is 37.7 Å². The van der Waals surface area contributed by atoms with Crippen molar-refractivity contribution in [2.75, 3.05) is 0 Å². The Morgan fingerprint density at radius 3 is 1.95 bits per heavy atom. The van der Waals surface area contributed by atoms with Crippen molar-refractivity contribution in [1.29, 1.82) is 0 Å². The first-order valence-corrected chi connectivity index (χ1v) is 5.98. The molecule has 0 aliphatic heterocycles. The number of nitrogens with zero attached hydrogens (tertiary/aromatic N) is 1. The molecule has 20 heavy (non-hydrogen) atoms. The van der Waals surface area contributed by atoms with E-state index in [9.17, 15) is 31.7 Å². The zero-order valence-electron chi connectivity index (χ0n) is 9.36. The molecule has 3 N–H and O–H groups in total. The molecule has 0 aliphatic carbocycles. The highest BCUT2D eigenvalue weighted by Crippen LogP contribution is 2.20. The number of halogens is 3. The molecule has 0 aromatic heterocycles.